The largest absolute Gasteiger partial charge is 0.357 e. The van der Waals surface area contributed by atoms with Gasteiger partial charge in [0, 0.05) is 29.1 Å². The van der Waals surface area contributed by atoms with Gasteiger partial charge in [-0.05, 0) is 54.1 Å². The third kappa shape index (κ3) is 4.41. The van der Waals surface area contributed by atoms with E-state index in [0.717, 1.165) is 40.4 Å². The number of para-hydroxylation sites is 2. The molecular weight excluding hydrogens is 437 g/mol. The van der Waals surface area contributed by atoms with Gasteiger partial charge in [-0.1, -0.05) is 30.3 Å². The van der Waals surface area contributed by atoms with Crippen molar-refractivity contribution in [1.29, 1.82) is 0 Å². The summed E-state index contributed by atoms with van der Waals surface area (Å²) in [7, 11) is 0. The molecule has 2 N–H and O–H groups in total. The van der Waals surface area contributed by atoms with Crippen molar-refractivity contribution >= 4 is 34.4 Å². The van der Waals surface area contributed by atoms with Gasteiger partial charge in [0.2, 0.25) is 5.91 Å². The van der Waals surface area contributed by atoms with Crippen LogP contribution in [0.2, 0.25) is 0 Å². The van der Waals surface area contributed by atoms with Crippen LogP contribution >= 0.6 is 11.3 Å². The van der Waals surface area contributed by atoms with Crippen molar-refractivity contribution in [3.63, 3.8) is 0 Å². The number of ketones is 1. The van der Waals surface area contributed by atoms with Crippen molar-refractivity contribution in [3.8, 4) is 0 Å². The minimum Gasteiger partial charge on any atom is -0.357 e. The maximum atomic E-state index is 13.5. The van der Waals surface area contributed by atoms with Gasteiger partial charge in [-0.15, -0.1) is 11.3 Å². The Hall–Kier alpha value is -3.45. The molecule has 0 bridgehead atoms. The van der Waals surface area contributed by atoms with Crippen LogP contribution in [0.4, 0.5) is 15.8 Å². The zero-order valence-corrected chi connectivity index (χ0v) is 18.8. The highest BCUT2D eigenvalue weighted by Gasteiger charge is 2.37. The van der Waals surface area contributed by atoms with E-state index < -0.39 is 0 Å². The fourth-order valence-corrected chi connectivity index (χ4v) is 5.42. The first kappa shape index (κ1) is 21.4. The topological polar surface area (TPSA) is 61.4 Å². The molecule has 0 unspecified atom stereocenters. The predicted molar refractivity (Wildman–Crippen MR) is 129 cm³/mol. The molecule has 3 aromatic rings. The summed E-state index contributed by atoms with van der Waals surface area (Å²) in [4.78, 5) is 29.3. The fraction of sp³-hybridized carbons (Fsp3) is 0.231. The average Bonchev–Trinajstić information content (AvgIpc) is 3.29. The molecule has 0 saturated carbocycles. The quantitative estimate of drug-likeness (QED) is 0.549. The number of carbonyl (C=O) groups excluding carboxylic acids is 2. The zero-order chi connectivity index (χ0) is 22.8. The number of nitrogens with zero attached hydrogens (tertiary/aromatic N) is 1. The molecule has 0 radical (unpaired) electrons. The molecule has 0 saturated heterocycles. The van der Waals surface area contributed by atoms with Crippen LogP contribution in [-0.4, -0.2) is 18.2 Å². The highest BCUT2D eigenvalue weighted by atomic mass is 32.1. The SMILES string of the molecule is O=C(CN1c2ccccc2NC2=C(C(=O)CCC2)[C@@H]1c1cccs1)NCc1cccc(F)c1. The number of rotatable bonds is 5. The number of nitrogens with one attached hydrogen (secondary N) is 2. The van der Waals surface area contributed by atoms with Crippen LogP contribution in [-0.2, 0) is 16.1 Å². The third-order valence-electron chi connectivity index (χ3n) is 6.05. The van der Waals surface area contributed by atoms with Gasteiger partial charge in [-0.25, -0.2) is 4.39 Å². The van der Waals surface area contributed by atoms with E-state index in [1.807, 2.05) is 46.7 Å². The van der Waals surface area contributed by atoms with Crippen molar-refractivity contribution in [2.75, 3.05) is 16.8 Å². The number of anilines is 2. The molecule has 1 amide bonds. The first-order chi connectivity index (χ1) is 16.1. The lowest BCUT2D eigenvalue weighted by molar-refractivity contribution is -0.120. The second-order valence-electron chi connectivity index (χ2n) is 8.26. The van der Waals surface area contributed by atoms with Gasteiger partial charge < -0.3 is 15.5 Å². The van der Waals surface area contributed by atoms with E-state index in [1.54, 1.807) is 23.5 Å². The number of thiophene rings is 1. The van der Waals surface area contributed by atoms with Crippen molar-refractivity contribution in [2.45, 2.75) is 31.8 Å². The predicted octanol–water partition coefficient (Wildman–Crippen LogP) is 5.18. The third-order valence-corrected chi connectivity index (χ3v) is 6.97. The number of benzene rings is 2. The molecule has 5 rings (SSSR count). The lowest BCUT2D eigenvalue weighted by Crippen LogP contribution is -2.40. The summed E-state index contributed by atoms with van der Waals surface area (Å²) in [5.41, 5.74) is 4.15. The number of carbonyl (C=O) groups is 2. The van der Waals surface area contributed by atoms with Crippen molar-refractivity contribution in [1.82, 2.24) is 5.32 Å². The molecular formula is C26H24FN3O2S. The van der Waals surface area contributed by atoms with E-state index in [0.29, 0.717) is 12.0 Å². The number of hydrogen-bond donors (Lipinski definition) is 2. The van der Waals surface area contributed by atoms with Crippen LogP contribution in [0.15, 0.2) is 77.3 Å². The summed E-state index contributed by atoms with van der Waals surface area (Å²) >= 11 is 1.58. The molecule has 2 aromatic carbocycles. The molecule has 7 heteroatoms. The Bertz CT molecular complexity index is 1220. The molecule has 168 valence electrons. The number of fused-ring (bicyclic) bond motifs is 1. The molecule has 1 aliphatic carbocycles. The van der Waals surface area contributed by atoms with Crippen LogP contribution in [0, 0.1) is 5.82 Å². The Kier molecular flexibility index (Phi) is 5.96. The summed E-state index contributed by atoms with van der Waals surface area (Å²) in [5.74, 6) is -0.398. The van der Waals surface area contributed by atoms with Crippen molar-refractivity contribution < 1.29 is 14.0 Å². The average molecular weight is 462 g/mol. The maximum Gasteiger partial charge on any atom is 0.239 e. The van der Waals surface area contributed by atoms with Crippen molar-refractivity contribution in [2.24, 2.45) is 0 Å². The second-order valence-corrected chi connectivity index (χ2v) is 9.24. The second kappa shape index (κ2) is 9.19. The van der Waals surface area contributed by atoms with E-state index in [-0.39, 0.29) is 36.6 Å². The molecule has 1 aliphatic heterocycles. The molecule has 5 nitrogen and oxygen atoms in total. The van der Waals surface area contributed by atoms with Gasteiger partial charge in [0.1, 0.15) is 5.82 Å². The monoisotopic (exact) mass is 461 g/mol. The van der Waals surface area contributed by atoms with E-state index >= 15 is 0 Å². The van der Waals surface area contributed by atoms with E-state index in [4.69, 9.17) is 0 Å². The summed E-state index contributed by atoms with van der Waals surface area (Å²) in [6.07, 6.45) is 2.13. The Labute approximate surface area is 195 Å². The fourth-order valence-electron chi connectivity index (χ4n) is 4.58. The number of Topliss-reactive ketones (excluding diaryl/α,β-unsaturated/α-hetero) is 1. The van der Waals surface area contributed by atoms with E-state index in [1.165, 1.54) is 12.1 Å². The first-order valence-corrected chi connectivity index (χ1v) is 11.9. The van der Waals surface area contributed by atoms with Crippen LogP contribution in [0.25, 0.3) is 0 Å². The Morgan fingerprint density at radius 1 is 1.12 bits per heavy atom. The van der Waals surface area contributed by atoms with Crippen LogP contribution < -0.4 is 15.5 Å². The molecule has 0 fully saturated rings. The number of halogens is 1. The smallest absolute Gasteiger partial charge is 0.239 e. The first-order valence-electron chi connectivity index (χ1n) is 11.0. The summed E-state index contributed by atoms with van der Waals surface area (Å²) in [5, 5.41) is 8.40. The number of amides is 1. The van der Waals surface area contributed by atoms with Crippen LogP contribution in [0.3, 0.4) is 0 Å². The Balaban J connectivity index is 1.50. The van der Waals surface area contributed by atoms with E-state index in [9.17, 15) is 14.0 Å². The van der Waals surface area contributed by atoms with Gasteiger partial charge >= 0.3 is 0 Å². The Morgan fingerprint density at radius 2 is 2.00 bits per heavy atom. The molecule has 33 heavy (non-hydrogen) atoms. The summed E-state index contributed by atoms with van der Waals surface area (Å²) < 4.78 is 13.5. The minimum absolute atomic E-state index is 0.0701. The number of hydrogen-bond acceptors (Lipinski definition) is 5. The standard InChI is InChI=1S/C26H24FN3O2S/c27-18-7-3-6-17(14-18)15-28-24(32)16-30-21-10-2-1-8-19(21)29-20-9-4-11-22(31)25(20)26(30)23-12-5-13-33-23/h1-3,5-8,10,12-14,26,29H,4,9,11,15-16H2,(H,28,32)/t26-/m0/s1. The van der Waals surface area contributed by atoms with Gasteiger partial charge in [-0.3, -0.25) is 9.59 Å². The summed E-state index contributed by atoms with van der Waals surface area (Å²) in [6, 6.07) is 17.7. The lowest BCUT2D eigenvalue weighted by atomic mass is 9.88. The van der Waals surface area contributed by atoms with E-state index in [2.05, 4.69) is 10.6 Å². The molecule has 1 atom stereocenters. The molecule has 2 heterocycles. The number of allylic oxidation sites excluding steroid dienone is 1. The molecule has 1 aromatic heterocycles. The zero-order valence-electron chi connectivity index (χ0n) is 18.0. The van der Waals surface area contributed by atoms with Gasteiger partial charge in [0.25, 0.3) is 0 Å². The Morgan fingerprint density at radius 3 is 2.82 bits per heavy atom. The van der Waals surface area contributed by atoms with Gasteiger partial charge in [0.15, 0.2) is 5.78 Å². The molecule has 0 spiro atoms. The highest BCUT2D eigenvalue weighted by molar-refractivity contribution is 7.10. The minimum atomic E-state index is -0.344. The van der Waals surface area contributed by atoms with Gasteiger partial charge in [-0.2, -0.15) is 0 Å². The molecule has 2 aliphatic rings. The van der Waals surface area contributed by atoms with Crippen molar-refractivity contribution in [3.05, 3.63) is 93.6 Å². The highest BCUT2D eigenvalue weighted by Crippen LogP contribution is 2.45. The summed E-state index contributed by atoms with van der Waals surface area (Å²) in [6.45, 7) is 0.307. The van der Waals surface area contributed by atoms with Crippen LogP contribution in [0.1, 0.15) is 35.7 Å². The van der Waals surface area contributed by atoms with Gasteiger partial charge in [0.05, 0.1) is 24.0 Å². The maximum absolute atomic E-state index is 13.5. The normalized spacial score (nSPS) is 17.7. The lowest BCUT2D eigenvalue weighted by Gasteiger charge is -2.34. The van der Waals surface area contributed by atoms with Crippen LogP contribution in [0.5, 0.6) is 0 Å².